The predicted molar refractivity (Wildman–Crippen MR) is 68.5 cm³/mol. The van der Waals surface area contributed by atoms with E-state index in [1.54, 1.807) is 6.07 Å². The molecule has 0 atom stereocenters. The van der Waals surface area contributed by atoms with Crippen molar-refractivity contribution in [3.8, 4) is 6.07 Å². The van der Waals surface area contributed by atoms with Crippen LogP contribution in [0.1, 0.15) is 5.56 Å². The molecule has 2 aromatic rings. The van der Waals surface area contributed by atoms with Crippen LogP contribution in [0.25, 0.3) is 0 Å². The monoisotopic (exact) mass is 307 g/mol. The Kier molecular flexibility index (Phi) is 3.39. The van der Waals surface area contributed by atoms with Gasteiger partial charge in [-0.2, -0.15) is 10.2 Å². The molecule has 1 aromatic heterocycles. The largest absolute Gasteiger partial charge is 0.383 e. The SMILES string of the molecule is N#Cc1cc(F)ccc1Nc1nc(N)cc(Br)n1. The summed E-state index contributed by atoms with van der Waals surface area (Å²) >= 11 is 3.18. The van der Waals surface area contributed by atoms with E-state index in [4.69, 9.17) is 11.0 Å². The van der Waals surface area contributed by atoms with Gasteiger partial charge in [-0.15, -0.1) is 0 Å². The van der Waals surface area contributed by atoms with Gasteiger partial charge in [0.2, 0.25) is 5.95 Å². The summed E-state index contributed by atoms with van der Waals surface area (Å²) in [5.41, 5.74) is 6.14. The van der Waals surface area contributed by atoms with Crippen LogP contribution < -0.4 is 11.1 Å². The van der Waals surface area contributed by atoms with Gasteiger partial charge in [0, 0.05) is 6.07 Å². The summed E-state index contributed by atoms with van der Waals surface area (Å²) in [6.45, 7) is 0. The van der Waals surface area contributed by atoms with Crippen LogP contribution in [0.5, 0.6) is 0 Å². The summed E-state index contributed by atoms with van der Waals surface area (Å²) in [5, 5.41) is 11.7. The lowest BCUT2D eigenvalue weighted by atomic mass is 10.2. The summed E-state index contributed by atoms with van der Waals surface area (Å²) in [6, 6.07) is 7.24. The number of nitrogens with one attached hydrogen (secondary N) is 1. The second-order valence-corrected chi connectivity index (χ2v) is 4.18. The fourth-order valence-corrected chi connectivity index (χ4v) is 1.73. The molecule has 18 heavy (non-hydrogen) atoms. The zero-order chi connectivity index (χ0) is 13.1. The third kappa shape index (κ3) is 2.73. The van der Waals surface area contributed by atoms with E-state index < -0.39 is 5.82 Å². The number of halogens is 2. The van der Waals surface area contributed by atoms with Crippen LogP contribution in [0.4, 0.5) is 21.8 Å². The maximum Gasteiger partial charge on any atom is 0.230 e. The standard InChI is InChI=1S/C11H7BrFN5/c12-9-4-10(15)18-11(17-9)16-8-2-1-7(13)3-6(8)5-14/h1-4H,(H3,15,16,17,18). The van der Waals surface area contributed by atoms with Crippen LogP contribution in [-0.4, -0.2) is 9.97 Å². The average Bonchev–Trinajstić information content (AvgIpc) is 2.30. The zero-order valence-electron chi connectivity index (χ0n) is 8.98. The minimum Gasteiger partial charge on any atom is -0.383 e. The number of rotatable bonds is 2. The second-order valence-electron chi connectivity index (χ2n) is 3.37. The highest BCUT2D eigenvalue weighted by Gasteiger charge is 2.06. The Morgan fingerprint density at radius 1 is 1.33 bits per heavy atom. The highest BCUT2D eigenvalue weighted by atomic mass is 79.9. The molecule has 1 heterocycles. The fourth-order valence-electron chi connectivity index (χ4n) is 1.33. The summed E-state index contributed by atoms with van der Waals surface area (Å²) in [6.07, 6.45) is 0. The minimum absolute atomic E-state index is 0.164. The Labute approximate surface area is 111 Å². The Balaban J connectivity index is 2.37. The maximum absolute atomic E-state index is 13.0. The fraction of sp³-hybridized carbons (Fsp3) is 0. The summed E-state index contributed by atoms with van der Waals surface area (Å²) < 4.78 is 13.5. The lowest BCUT2D eigenvalue weighted by Gasteiger charge is -2.07. The van der Waals surface area contributed by atoms with Gasteiger partial charge >= 0.3 is 0 Å². The number of anilines is 3. The van der Waals surface area contributed by atoms with E-state index in [0.717, 1.165) is 6.07 Å². The third-order valence-electron chi connectivity index (χ3n) is 2.06. The summed E-state index contributed by atoms with van der Waals surface area (Å²) in [5.74, 6) is 0.0248. The molecule has 0 aliphatic rings. The zero-order valence-corrected chi connectivity index (χ0v) is 10.6. The molecule has 0 saturated heterocycles. The number of aromatic nitrogens is 2. The lowest BCUT2D eigenvalue weighted by Crippen LogP contribution is -2.02. The first-order valence-electron chi connectivity index (χ1n) is 4.85. The number of benzene rings is 1. The third-order valence-corrected chi connectivity index (χ3v) is 2.47. The molecule has 0 fully saturated rings. The first kappa shape index (κ1) is 12.3. The molecule has 0 aliphatic heterocycles. The van der Waals surface area contributed by atoms with Crippen molar-refractivity contribution in [2.75, 3.05) is 11.1 Å². The first-order valence-corrected chi connectivity index (χ1v) is 5.64. The minimum atomic E-state index is -0.480. The molecule has 5 nitrogen and oxygen atoms in total. The molecule has 2 rings (SSSR count). The van der Waals surface area contributed by atoms with Crippen LogP contribution in [-0.2, 0) is 0 Å². The van der Waals surface area contributed by atoms with E-state index in [2.05, 4.69) is 31.2 Å². The van der Waals surface area contributed by atoms with Crippen LogP contribution in [0.2, 0.25) is 0 Å². The van der Waals surface area contributed by atoms with Crippen molar-refractivity contribution in [3.63, 3.8) is 0 Å². The Hall–Kier alpha value is -2.20. The van der Waals surface area contributed by atoms with Crippen molar-refractivity contribution >= 4 is 33.4 Å². The van der Waals surface area contributed by atoms with Gasteiger partial charge in [0.25, 0.3) is 0 Å². The van der Waals surface area contributed by atoms with E-state index in [1.165, 1.54) is 12.1 Å². The van der Waals surface area contributed by atoms with Crippen LogP contribution >= 0.6 is 15.9 Å². The van der Waals surface area contributed by atoms with E-state index in [0.29, 0.717) is 10.3 Å². The molecule has 3 N–H and O–H groups in total. The first-order chi connectivity index (χ1) is 8.58. The topological polar surface area (TPSA) is 87.6 Å². The van der Waals surface area contributed by atoms with E-state index in [-0.39, 0.29) is 17.3 Å². The number of nitrogen functional groups attached to an aromatic ring is 1. The maximum atomic E-state index is 13.0. The molecule has 0 saturated carbocycles. The molecule has 7 heteroatoms. The Morgan fingerprint density at radius 3 is 2.78 bits per heavy atom. The molecule has 0 unspecified atom stereocenters. The number of hydrogen-bond acceptors (Lipinski definition) is 5. The van der Waals surface area contributed by atoms with Gasteiger partial charge in [-0.25, -0.2) is 9.37 Å². The van der Waals surface area contributed by atoms with Crippen molar-refractivity contribution in [1.29, 1.82) is 5.26 Å². The average molecular weight is 308 g/mol. The summed E-state index contributed by atoms with van der Waals surface area (Å²) in [7, 11) is 0. The van der Waals surface area contributed by atoms with Crippen molar-refractivity contribution in [2.45, 2.75) is 0 Å². The van der Waals surface area contributed by atoms with Crippen molar-refractivity contribution < 1.29 is 4.39 Å². The van der Waals surface area contributed by atoms with E-state index >= 15 is 0 Å². The molecule has 0 radical (unpaired) electrons. The molecular formula is C11H7BrFN5. The predicted octanol–water partition coefficient (Wildman–Crippen LogP) is 2.58. The van der Waals surface area contributed by atoms with Crippen molar-refractivity contribution in [1.82, 2.24) is 9.97 Å². The smallest absolute Gasteiger partial charge is 0.230 e. The Morgan fingerprint density at radius 2 is 2.11 bits per heavy atom. The van der Waals surface area contributed by atoms with Crippen LogP contribution in [0.15, 0.2) is 28.9 Å². The van der Waals surface area contributed by atoms with Gasteiger partial charge in [0.1, 0.15) is 22.3 Å². The molecule has 0 spiro atoms. The Bertz CT molecular complexity index is 618. The van der Waals surface area contributed by atoms with Gasteiger partial charge in [-0.1, -0.05) is 0 Å². The molecule has 90 valence electrons. The number of hydrogen-bond donors (Lipinski definition) is 2. The second kappa shape index (κ2) is 4.98. The lowest BCUT2D eigenvalue weighted by molar-refractivity contribution is 0.627. The quantitative estimate of drug-likeness (QED) is 0.833. The molecule has 0 bridgehead atoms. The molecular weight excluding hydrogens is 301 g/mol. The van der Waals surface area contributed by atoms with Gasteiger partial charge in [-0.3, -0.25) is 0 Å². The van der Waals surface area contributed by atoms with E-state index in [1.807, 2.05) is 6.07 Å². The normalized spacial score (nSPS) is 9.83. The van der Waals surface area contributed by atoms with Gasteiger partial charge in [0.05, 0.1) is 11.3 Å². The van der Waals surface area contributed by atoms with Gasteiger partial charge < -0.3 is 11.1 Å². The molecule has 0 aliphatic carbocycles. The molecule has 0 amide bonds. The van der Waals surface area contributed by atoms with Gasteiger partial charge in [-0.05, 0) is 34.1 Å². The van der Waals surface area contributed by atoms with Crippen LogP contribution in [0, 0.1) is 17.1 Å². The highest BCUT2D eigenvalue weighted by molar-refractivity contribution is 9.10. The molecule has 1 aromatic carbocycles. The van der Waals surface area contributed by atoms with Crippen molar-refractivity contribution in [2.24, 2.45) is 0 Å². The van der Waals surface area contributed by atoms with Gasteiger partial charge in [0.15, 0.2) is 0 Å². The number of nitriles is 1. The number of nitrogens with zero attached hydrogens (tertiary/aromatic N) is 3. The van der Waals surface area contributed by atoms with Crippen molar-refractivity contribution in [3.05, 3.63) is 40.2 Å². The van der Waals surface area contributed by atoms with E-state index in [9.17, 15) is 4.39 Å². The summed E-state index contributed by atoms with van der Waals surface area (Å²) in [4.78, 5) is 7.99. The highest BCUT2D eigenvalue weighted by Crippen LogP contribution is 2.21. The number of nitrogens with two attached hydrogens (primary N) is 1. The van der Waals surface area contributed by atoms with Crippen LogP contribution in [0.3, 0.4) is 0 Å².